The largest absolute Gasteiger partial charge is 0.497 e. The first-order valence-electron chi connectivity index (χ1n) is 10.3. The van der Waals surface area contributed by atoms with Crippen LogP contribution in [0.15, 0.2) is 42.0 Å². The number of benzene rings is 2. The van der Waals surface area contributed by atoms with Crippen LogP contribution in [0.25, 0.3) is 5.70 Å². The van der Waals surface area contributed by atoms with E-state index in [0.717, 1.165) is 0 Å². The highest BCUT2D eigenvalue weighted by Crippen LogP contribution is 2.42. The molecule has 1 unspecified atom stereocenters. The lowest BCUT2D eigenvalue weighted by molar-refractivity contribution is -0.143. The van der Waals surface area contributed by atoms with Crippen molar-refractivity contribution >= 4 is 17.7 Å². The quantitative estimate of drug-likeness (QED) is 0.587. The third kappa shape index (κ3) is 4.97. The number of nitrogens with one attached hydrogen (secondary N) is 2. The summed E-state index contributed by atoms with van der Waals surface area (Å²) in [4.78, 5) is 25.9. The highest BCUT2D eigenvalue weighted by atomic mass is 16.5. The van der Waals surface area contributed by atoms with E-state index in [1.54, 1.807) is 57.4 Å². The van der Waals surface area contributed by atoms with Crippen LogP contribution in [0.5, 0.6) is 23.0 Å². The summed E-state index contributed by atoms with van der Waals surface area (Å²) in [5.74, 6) is 1.26. The highest BCUT2D eigenvalue weighted by Gasteiger charge is 2.36. The molecule has 0 radical (unpaired) electrons. The van der Waals surface area contributed by atoms with E-state index < -0.39 is 18.0 Å². The molecule has 2 aromatic rings. The molecule has 1 heterocycles. The minimum absolute atomic E-state index is 0.239. The van der Waals surface area contributed by atoms with Gasteiger partial charge in [-0.3, -0.25) is 0 Å². The molecule has 0 saturated heterocycles. The van der Waals surface area contributed by atoms with E-state index in [4.69, 9.17) is 23.7 Å². The average molecular weight is 456 g/mol. The Morgan fingerprint density at radius 1 is 0.909 bits per heavy atom. The van der Waals surface area contributed by atoms with Crippen molar-refractivity contribution in [1.29, 1.82) is 0 Å². The molecule has 9 heteroatoms. The summed E-state index contributed by atoms with van der Waals surface area (Å²) in [6.07, 6.45) is -0.361. The maximum absolute atomic E-state index is 13.3. The van der Waals surface area contributed by atoms with E-state index in [1.165, 1.54) is 21.3 Å². The molecule has 1 aliphatic heterocycles. The first kappa shape index (κ1) is 23.8. The highest BCUT2D eigenvalue weighted by molar-refractivity contribution is 6.04. The van der Waals surface area contributed by atoms with E-state index in [9.17, 15) is 9.59 Å². The van der Waals surface area contributed by atoms with Gasteiger partial charge in [-0.05, 0) is 61.4 Å². The fourth-order valence-corrected chi connectivity index (χ4v) is 3.57. The van der Waals surface area contributed by atoms with Crippen LogP contribution >= 0.6 is 0 Å². The van der Waals surface area contributed by atoms with Crippen molar-refractivity contribution in [3.8, 4) is 23.0 Å². The molecular weight excluding hydrogens is 428 g/mol. The van der Waals surface area contributed by atoms with Gasteiger partial charge in [0.25, 0.3) is 0 Å². The van der Waals surface area contributed by atoms with Gasteiger partial charge in [0.2, 0.25) is 5.75 Å². The summed E-state index contributed by atoms with van der Waals surface area (Å²) in [6, 6.07) is 9.07. The minimum atomic E-state index is -0.837. The van der Waals surface area contributed by atoms with Crippen LogP contribution in [-0.2, 0) is 9.53 Å². The topological polar surface area (TPSA) is 104 Å². The van der Waals surface area contributed by atoms with Gasteiger partial charge < -0.3 is 34.3 Å². The smallest absolute Gasteiger partial charge is 0.338 e. The Labute approximate surface area is 192 Å². The molecular formula is C24H28N2O7. The second-order valence-electron chi connectivity index (χ2n) is 7.46. The van der Waals surface area contributed by atoms with E-state index in [0.29, 0.717) is 39.8 Å². The van der Waals surface area contributed by atoms with Crippen LogP contribution in [-0.4, -0.2) is 46.5 Å². The van der Waals surface area contributed by atoms with E-state index in [-0.39, 0.29) is 11.7 Å². The molecule has 2 amide bonds. The van der Waals surface area contributed by atoms with Crippen LogP contribution in [0.3, 0.4) is 0 Å². The molecule has 2 aromatic carbocycles. The Bertz CT molecular complexity index is 1040. The summed E-state index contributed by atoms with van der Waals surface area (Å²) in [5, 5.41) is 5.57. The van der Waals surface area contributed by atoms with Crippen LogP contribution in [0.4, 0.5) is 4.79 Å². The zero-order chi connectivity index (χ0) is 24.1. The Kier molecular flexibility index (Phi) is 7.32. The monoisotopic (exact) mass is 456 g/mol. The van der Waals surface area contributed by atoms with Crippen LogP contribution in [0.2, 0.25) is 0 Å². The molecule has 2 N–H and O–H groups in total. The number of hydrogen-bond acceptors (Lipinski definition) is 7. The van der Waals surface area contributed by atoms with Crippen molar-refractivity contribution in [2.75, 3.05) is 28.4 Å². The number of methoxy groups -OCH3 is 4. The van der Waals surface area contributed by atoms with Gasteiger partial charge >= 0.3 is 12.0 Å². The molecule has 176 valence electrons. The van der Waals surface area contributed by atoms with Crippen LogP contribution in [0.1, 0.15) is 31.0 Å². The summed E-state index contributed by atoms with van der Waals surface area (Å²) < 4.78 is 27.1. The molecule has 1 aliphatic rings. The number of esters is 1. The van der Waals surface area contributed by atoms with Gasteiger partial charge in [-0.25, -0.2) is 9.59 Å². The number of amides is 2. The fourth-order valence-electron chi connectivity index (χ4n) is 3.57. The maximum Gasteiger partial charge on any atom is 0.338 e. The lowest BCUT2D eigenvalue weighted by Crippen LogP contribution is -2.45. The molecule has 0 aliphatic carbocycles. The normalized spacial score (nSPS) is 15.5. The lowest BCUT2D eigenvalue weighted by atomic mass is 9.92. The van der Waals surface area contributed by atoms with Crippen molar-refractivity contribution in [1.82, 2.24) is 10.6 Å². The molecule has 0 bridgehead atoms. The van der Waals surface area contributed by atoms with E-state index in [2.05, 4.69) is 10.6 Å². The van der Waals surface area contributed by atoms with Gasteiger partial charge in [-0.2, -0.15) is 0 Å². The summed E-state index contributed by atoms with van der Waals surface area (Å²) in [6.45, 7) is 3.52. The predicted molar refractivity (Wildman–Crippen MR) is 122 cm³/mol. The van der Waals surface area contributed by atoms with E-state index >= 15 is 0 Å². The summed E-state index contributed by atoms with van der Waals surface area (Å²) in [7, 11) is 6.05. The van der Waals surface area contributed by atoms with E-state index in [1.807, 2.05) is 0 Å². The molecule has 0 saturated carbocycles. The molecule has 33 heavy (non-hydrogen) atoms. The van der Waals surface area contributed by atoms with Gasteiger partial charge in [-0.15, -0.1) is 0 Å². The van der Waals surface area contributed by atoms with Crippen molar-refractivity contribution in [3.63, 3.8) is 0 Å². The number of urea groups is 1. The molecule has 0 aromatic heterocycles. The SMILES string of the molecule is COc1ccc(C2=C(C(=O)OC(C)C)C(c3cc(OC)c(OC)c(OC)c3)NC(=O)N2)cc1. The number of rotatable bonds is 8. The van der Waals surface area contributed by atoms with Crippen LogP contribution < -0.4 is 29.6 Å². The van der Waals surface area contributed by atoms with Crippen molar-refractivity contribution in [3.05, 3.63) is 53.1 Å². The molecule has 1 atom stereocenters. The number of carbonyl (C=O) groups excluding carboxylic acids is 2. The summed E-state index contributed by atoms with van der Waals surface area (Å²) in [5.41, 5.74) is 1.76. The molecule has 3 rings (SSSR count). The second kappa shape index (κ2) is 10.2. The predicted octanol–water partition coefficient (Wildman–Crippen LogP) is 3.44. The maximum atomic E-state index is 13.3. The lowest BCUT2D eigenvalue weighted by Gasteiger charge is -2.30. The van der Waals surface area contributed by atoms with Crippen molar-refractivity contribution < 1.29 is 33.3 Å². The zero-order valence-corrected chi connectivity index (χ0v) is 19.5. The Hall–Kier alpha value is -3.88. The zero-order valence-electron chi connectivity index (χ0n) is 19.5. The molecule has 0 spiro atoms. The van der Waals surface area contributed by atoms with Gasteiger partial charge in [0, 0.05) is 0 Å². The van der Waals surface area contributed by atoms with Crippen molar-refractivity contribution in [2.45, 2.75) is 26.0 Å². The Morgan fingerprint density at radius 2 is 1.52 bits per heavy atom. The van der Waals surface area contributed by atoms with Gasteiger partial charge in [0.05, 0.1) is 51.9 Å². The standard InChI is InChI=1S/C24H28N2O7/c1-13(2)33-23(27)19-20(14-7-9-16(29-3)10-8-14)25-24(28)26-21(19)15-11-17(30-4)22(32-6)18(12-15)31-5/h7-13,21H,1-6H3,(H2,25,26,28). The Morgan fingerprint density at radius 3 is 2.00 bits per heavy atom. The third-order valence-electron chi connectivity index (χ3n) is 5.03. The second-order valence-corrected chi connectivity index (χ2v) is 7.46. The van der Waals surface area contributed by atoms with Crippen LogP contribution in [0, 0.1) is 0 Å². The molecule has 9 nitrogen and oxygen atoms in total. The fraction of sp³-hybridized carbons (Fsp3) is 0.333. The third-order valence-corrected chi connectivity index (χ3v) is 5.03. The minimum Gasteiger partial charge on any atom is -0.497 e. The molecule has 0 fully saturated rings. The average Bonchev–Trinajstić information content (AvgIpc) is 2.81. The van der Waals surface area contributed by atoms with Gasteiger partial charge in [-0.1, -0.05) is 0 Å². The van der Waals surface area contributed by atoms with Gasteiger partial charge in [0.15, 0.2) is 11.5 Å². The number of hydrogen-bond donors (Lipinski definition) is 2. The first-order chi connectivity index (χ1) is 15.8. The van der Waals surface area contributed by atoms with Crippen molar-refractivity contribution in [2.24, 2.45) is 0 Å². The number of ether oxygens (including phenoxy) is 5. The first-order valence-corrected chi connectivity index (χ1v) is 10.3. The Balaban J connectivity index is 2.23. The number of carbonyl (C=O) groups is 2. The summed E-state index contributed by atoms with van der Waals surface area (Å²) >= 11 is 0. The van der Waals surface area contributed by atoms with Gasteiger partial charge in [0.1, 0.15) is 5.75 Å².